The van der Waals surface area contributed by atoms with Gasteiger partial charge in [0.25, 0.3) is 0 Å². The quantitative estimate of drug-likeness (QED) is 0.377. The molecule has 0 atom stereocenters. The normalized spacial score (nSPS) is 10.7. The number of nitriles is 1. The van der Waals surface area contributed by atoms with Gasteiger partial charge in [-0.2, -0.15) is 5.26 Å². The van der Waals surface area contributed by atoms with Gasteiger partial charge in [0.05, 0.1) is 12.3 Å². The first-order chi connectivity index (χ1) is 8.58. The highest BCUT2D eigenvalue weighted by Gasteiger charge is 2.09. The summed E-state index contributed by atoms with van der Waals surface area (Å²) in [6, 6.07) is 7.55. The maximum absolute atomic E-state index is 11.4. The van der Waals surface area contributed by atoms with E-state index in [1.807, 2.05) is 0 Å². The Morgan fingerprint density at radius 3 is 2.94 bits per heavy atom. The highest BCUT2D eigenvalue weighted by molar-refractivity contribution is 5.97. The van der Waals surface area contributed by atoms with E-state index in [2.05, 4.69) is 0 Å². The van der Waals surface area contributed by atoms with Gasteiger partial charge >= 0.3 is 5.97 Å². The number of carbonyl (C=O) groups excluding carboxylic acids is 1. The van der Waals surface area contributed by atoms with Gasteiger partial charge in [-0.15, -0.1) is 0 Å². The van der Waals surface area contributed by atoms with Crippen molar-refractivity contribution in [3.63, 3.8) is 0 Å². The molecule has 0 fully saturated rings. The zero-order valence-electron chi connectivity index (χ0n) is 9.66. The molecule has 18 heavy (non-hydrogen) atoms. The Labute approximate surface area is 104 Å². The smallest absolute Gasteiger partial charge is 0.348 e. The first-order valence-electron chi connectivity index (χ1n) is 5.13. The fraction of sp³-hybridized carbons (Fsp3) is 0.167. The van der Waals surface area contributed by atoms with E-state index in [4.69, 9.17) is 15.2 Å². The third-order valence-electron chi connectivity index (χ3n) is 2.02. The molecule has 94 valence electrons. The summed E-state index contributed by atoms with van der Waals surface area (Å²) in [5, 5.41) is 27.9. The minimum atomic E-state index is -0.728. The van der Waals surface area contributed by atoms with Crippen LogP contribution in [0.3, 0.4) is 0 Å². The number of hydrogen-bond donors (Lipinski definition) is 1. The lowest BCUT2D eigenvalue weighted by Crippen LogP contribution is -2.07. The van der Waals surface area contributed by atoms with E-state index in [0.717, 1.165) is 0 Å². The second kappa shape index (κ2) is 6.39. The summed E-state index contributed by atoms with van der Waals surface area (Å²) < 4.78 is 4.69. The summed E-state index contributed by atoms with van der Waals surface area (Å²) in [6.45, 7) is 1.80. The fourth-order valence-electron chi connectivity index (χ4n) is 1.25. The van der Waals surface area contributed by atoms with Crippen LogP contribution in [0.15, 0.2) is 29.8 Å². The summed E-state index contributed by atoms with van der Waals surface area (Å²) in [6.07, 6.45) is 1.28. The molecule has 0 aliphatic carbocycles. The van der Waals surface area contributed by atoms with Crippen LogP contribution in [-0.4, -0.2) is 17.8 Å². The Morgan fingerprint density at radius 1 is 1.67 bits per heavy atom. The van der Waals surface area contributed by atoms with Crippen LogP contribution in [-0.2, 0) is 9.53 Å². The topological polar surface area (TPSA) is 96.6 Å². The molecule has 0 aliphatic heterocycles. The summed E-state index contributed by atoms with van der Waals surface area (Å²) in [5.41, 5.74) is 0.265. The number of ether oxygens (including phenoxy) is 1. The Bertz CT molecular complexity index is 503. The zero-order valence-corrected chi connectivity index (χ0v) is 9.66. The van der Waals surface area contributed by atoms with E-state index < -0.39 is 5.97 Å². The third kappa shape index (κ3) is 3.59. The Balaban J connectivity index is 3.03. The van der Waals surface area contributed by atoms with Crippen molar-refractivity contribution >= 4 is 17.7 Å². The van der Waals surface area contributed by atoms with E-state index in [1.165, 1.54) is 24.3 Å². The van der Waals surface area contributed by atoms with Crippen LogP contribution in [0.1, 0.15) is 12.5 Å². The molecule has 0 bridgehead atoms. The second-order valence-electron chi connectivity index (χ2n) is 3.26. The molecule has 1 aromatic rings. The molecule has 1 rings (SSSR count). The minimum Gasteiger partial charge on any atom is -0.733 e. The van der Waals surface area contributed by atoms with Gasteiger partial charge in [-0.25, -0.2) is 4.79 Å². The van der Waals surface area contributed by atoms with Crippen molar-refractivity contribution in [3.8, 4) is 6.07 Å². The van der Waals surface area contributed by atoms with Crippen molar-refractivity contribution in [2.45, 2.75) is 6.92 Å². The molecule has 0 aromatic heterocycles. The summed E-state index contributed by atoms with van der Waals surface area (Å²) >= 11 is 0. The van der Waals surface area contributed by atoms with Crippen LogP contribution in [0, 0.1) is 16.5 Å². The van der Waals surface area contributed by atoms with E-state index >= 15 is 0 Å². The number of hydrogen-bond acceptors (Lipinski definition) is 6. The standard InChI is InChI=1S/C12H11N2O4/c1-2-18-12(15)10(8-13)6-9-4-3-5-11(7-9)14(16)17/h3-7,16H,2H2,1H3/q-1/b10-6-. The second-order valence-corrected chi connectivity index (χ2v) is 3.26. The Morgan fingerprint density at radius 2 is 2.39 bits per heavy atom. The molecule has 6 heteroatoms. The number of rotatable bonds is 4. The molecule has 1 N–H and O–H groups in total. The zero-order chi connectivity index (χ0) is 13.5. The highest BCUT2D eigenvalue weighted by Crippen LogP contribution is 2.16. The maximum Gasteiger partial charge on any atom is 0.348 e. The van der Waals surface area contributed by atoms with E-state index in [9.17, 15) is 10.0 Å². The van der Waals surface area contributed by atoms with Crippen molar-refractivity contribution in [3.05, 3.63) is 40.6 Å². The number of anilines is 1. The molecule has 1 aromatic carbocycles. The largest absolute Gasteiger partial charge is 0.733 e. The lowest BCUT2D eigenvalue weighted by atomic mass is 10.1. The lowest BCUT2D eigenvalue weighted by molar-refractivity contribution is -0.137. The van der Waals surface area contributed by atoms with Crippen molar-refractivity contribution < 1.29 is 14.7 Å². The van der Waals surface area contributed by atoms with Crippen LogP contribution >= 0.6 is 0 Å². The van der Waals surface area contributed by atoms with Crippen molar-refractivity contribution in [1.82, 2.24) is 0 Å². The van der Waals surface area contributed by atoms with Crippen molar-refractivity contribution in [1.29, 1.82) is 5.26 Å². The molecule has 0 spiro atoms. The highest BCUT2D eigenvalue weighted by atomic mass is 16.8. The molecule has 0 saturated heterocycles. The first kappa shape index (κ1) is 13.7. The molecule has 0 amide bonds. The van der Waals surface area contributed by atoms with Gasteiger partial charge < -0.3 is 15.2 Å². The minimum absolute atomic E-state index is 0.00454. The monoisotopic (exact) mass is 247 g/mol. The fourth-order valence-corrected chi connectivity index (χ4v) is 1.25. The van der Waals surface area contributed by atoms with Gasteiger partial charge in [0, 0.05) is 0 Å². The molecule has 0 radical (unpaired) electrons. The Kier molecular flexibility index (Phi) is 4.87. The molecular formula is C12H11N2O4-. The maximum atomic E-state index is 11.4. The molecular weight excluding hydrogens is 236 g/mol. The first-order valence-corrected chi connectivity index (χ1v) is 5.13. The molecule has 0 aliphatic rings. The number of nitrogens with zero attached hydrogens (tertiary/aromatic N) is 2. The average Bonchev–Trinajstić information content (AvgIpc) is 2.36. The SMILES string of the molecule is CCOC(=O)/C(C#N)=C\c1cccc(N([O-])O)c1. The van der Waals surface area contributed by atoms with E-state index in [0.29, 0.717) is 5.56 Å². The van der Waals surface area contributed by atoms with E-state index in [-0.39, 0.29) is 23.1 Å². The summed E-state index contributed by atoms with van der Waals surface area (Å²) in [5.74, 6) is -0.728. The van der Waals surface area contributed by atoms with Crippen LogP contribution < -0.4 is 5.23 Å². The lowest BCUT2D eigenvalue weighted by Gasteiger charge is -2.21. The van der Waals surface area contributed by atoms with Gasteiger partial charge in [-0.05, 0) is 30.7 Å². The van der Waals surface area contributed by atoms with Crippen LogP contribution in [0.2, 0.25) is 0 Å². The number of benzene rings is 1. The van der Waals surface area contributed by atoms with Crippen molar-refractivity contribution in [2.24, 2.45) is 0 Å². The Hall–Kier alpha value is -2.36. The average molecular weight is 247 g/mol. The predicted molar refractivity (Wildman–Crippen MR) is 64.3 cm³/mol. The molecule has 0 heterocycles. The predicted octanol–water partition coefficient (Wildman–Crippen LogP) is 1.85. The molecule has 0 unspecified atom stereocenters. The number of esters is 1. The van der Waals surface area contributed by atoms with Crippen LogP contribution in [0.4, 0.5) is 5.69 Å². The van der Waals surface area contributed by atoms with Gasteiger partial charge in [0.15, 0.2) is 0 Å². The van der Waals surface area contributed by atoms with Crippen LogP contribution in [0.25, 0.3) is 6.08 Å². The molecule has 6 nitrogen and oxygen atoms in total. The van der Waals surface area contributed by atoms with Gasteiger partial charge in [-0.1, -0.05) is 12.1 Å². The summed E-state index contributed by atoms with van der Waals surface area (Å²) in [4.78, 5) is 11.4. The van der Waals surface area contributed by atoms with Crippen molar-refractivity contribution in [2.75, 3.05) is 11.8 Å². The third-order valence-corrected chi connectivity index (χ3v) is 2.02. The number of carbonyl (C=O) groups is 1. The van der Waals surface area contributed by atoms with Gasteiger partial charge in [0.2, 0.25) is 0 Å². The van der Waals surface area contributed by atoms with Gasteiger partial charge in [0.1, 0.15) is 11.6 Å². The molecule has 0 saturated carbocycles. The summed E-state index contributed by atoms with van der Waals surface area (Å²) in [7, 11) is 0. The van der Waals surface area contributed by atoms with Gasteiger partial charge in [-0.3, -0.25) is 5.21 Å². The van der Waals surface area contributed by atoms with Crippen LogP contribution in [0.5, 0.6) is 0 Å². The van der Waals surface area contributed by atoms with E-state index in [1.54, 1.807) is 19.1 Å².